The summed E-state index contributed by atoms with van der Waals surface area (Å²) in [4.78, 5) is 0. The Bertz CT molecular complexity index is 277. The molecule has 1 rings (SSSR count). The van der Waals surface area contributed by atoms with Gasteiger partial charge in [-0.3, -0.25) is 0 Å². The van der Waals surface area contributed by atoms with Gasteiger partial charge in [-0.15, -0.1) is 12.4 Å². The first-order valence-electron chi connectivity index (χ1n) is 5.02. The van der Waals surface area contributed by atoms with E-state index in [1.807, 2.05) is 32.9 Å². The summed E-state index contributed by atoms with van der Waals surface area (Å²) in [6, 6.07) is 8.12. The summed E-state index contributed by atoms with van der Waals surface area (Å²) in [5.74, 6) is 0.922. The fourth-order valence-corrected chi connectivity index (χ4v) is 1.40. The Morgan fingerprint density at radius 3 is 2.13 bits per heavy atom. The van der Waals surface area contributed by atoms with E-state index >= 15 is 0 Å². The van der Waals surface area contributed by atoms with Crippen molar-refractivity contribution in [3.05, 3.63) is 29.8 Å². The quantitative estimate of drug-likeness (QED) is 0.862. The van der Waals surface area contributed by atoms with Crippen LogP contribution in [0, 0.1) is 0 Å². The summed E-state index contributed by atoms with van der Waals surface area (Å²) < 4.78 is 5.36. The molecule has 1 aromatic rings. The molecule has 0 radical (unpaired) electrons. The van der Waals surface area contributed by atoms with Crippen LogP contribution in [0.1, 0.15) is 26.3 Å². The van der Waals surface area contributed by atoms with Crippen LogP contribution < -0.4 is 10.5 Å². The lowest BCUT2D eigenvalue weighted by atomic mass is 9.96. The van der Waals surface area contributed by atoms with Crippen molar-refractivity contribution in [2.24, 2.45) is 5.73 Å². The molecule has 0 heterocycles. The minimum absolute atomic E-state index is 0. The molecule has 0 fully saturated rings. The molecular formula is C12H20ClNO. The SMILES string of the molecule is CCOc1ccc(CC(C)(C)N)cc1.Cl. The molecule has 0 spiro atoms. The summed E-state index contributed by atoms with van der Waals surface area (Å²) in [7, 11) is 0. The van der Waals surface area contributed by atoms with Crippen molar-refractivity contribution in [3.8, 4) is 5.75 Å². The topological polar surface area (TPSA) is 35.2 Å². The molecule has 0 amide bonds. The molecule has 1 aromatic carbocycles. The number of halogens is 1. The van der Waals surface area contributed by atoms with Crippen LogP contribution >= 0.6 is 12.4 Å². The maximum Gasteiger partial charge on any atom is 0.119 e. The second kappa shape index (κ2) is 5.99. The molecule has 3 heteroatoms. The zero-order valence-corrected chi connectivity index (χ0v) is 10.4. The monoisotopic (exact) mass is 229 g/mol. The van der Waals surface area contributed by atoms with Gasteiger partial charge in [-0.2, -0.15) is 0 Å². The highest BCUT2D eigenvalue weighted by atomic mass is 35.5. The van der Waals surface area contributed by atoms with E-state index < -0.39 is 0 Å². The van der Waals surface area contributed by atoms with Gasteiger partial charge < -0.3 is 10.5 Å². The largest absolute Gasteiger partial charge is 0.494 e. The Labute approximate surface area is 98.2 Å². The van der Waals surface area contributed by atoms with Crippen LogP contribution in [0.4, 0.5) is 0 Å². The molecule has 0 unspecified atom stereocenters. The smallest absolute Gasteiger partial charge is 0.119 e. The summed E-state index contributed by atoms with van der Waals surface area (Å²) in [6.45, 7) is 6.76. The molecule has 0 aliphatic rings. The molecule has 0 saturated carbocycles. The molecular weight excluding hydrogens is 210 g/mol. The van der Waals surface area contributed by atoms with Gasteiger partial charge in [-0.25, -0.2) is 0 Å². The minimum atomic E-state index is -0.146. The van der Waals surface area contributed by atoms with Crippen molar-refractivity contribution < 1.29 is 4.74 Å². The fourth-order valence-electron chi connectivity index (χ4n) is 1.40. The number of benzene rings is 1. The van der Waals surface area contributed by atoms with E-state index in [1.165, 1.54) is 5.56 Å². The van der Waals surface area contributed by atoms with Gasteiger partial charge in [0.2, 0.25) is 0 Å². The molecule has 2 N–H and O–H groups in total. The van der Waals surface area contributed by atoms with Gasteiger partial charge in [0.15, 0.2) is 0 Å². The maximum atomic E-state index is 5.93. The molecule has 0 atom stereocenters. The van der Waals surface area contributed by atoms with E-state index in [9.17, 15) is 0 Å². The first-order valence-corrected chi connectivity index (χ1v) is 5.02. The van der Waals surface area contributed by atoms with Crippen LogP contribution in [0.5, 0.6) is 5.75 Å². The maximum absolute atomic E-state index is 5.93. The van der Waals surface area contributed by atoms with Crippen LogP contribution in [-0.4, -0.2) is 12.1 Å². The molecule has 15 heavy (non-hydrogen) atoms. The number of hydrogen-bond acceptors (Lipinski definition) is 2. The van der Waals surface area contributed by atoms with Gasteiger partial charge in [0.25, 0.3) is 0 Å². The van der Waals surface area contributed by atoms with Gasteiger partial charge in [0.1, 0.15) is 5.75 Å². The summed E-state index contributed by atoms with van der Waals surface area (Å²) in [5.41, 5.74) is 7.04. The normalized spacial score (nSPS) is 10.7. The Balaban J connectivity index is 0.00000196. The Hall–Kier alpha value is -0.730. The van der Waals surface area contributed by atoms with E-state index in [4.69, 9.17) is 10.5 Å². The van der Waals surface area contributed by atoms with Crippen LogP contribution in [0.15, 0.2) is 24.3 Å². The van der Waals surface area contributed by atoms with E-state index in [0.29, 0.717) is 6.61 Å². The first kappa shape index (κ1) is 14.3. The van der Waals surface area contributed by atoms with Crippen molar-refractivity contribution in [2.45, 2.75) is 32.7 Å². The van der Waals surface area contributed by atoms with Crippen molar-refractivity contribution in [1.29, 1.82) is 0 Å². The van der Waals surface area contributed by atoms with E-state index in [1.54, 1.807) is 0 Å². The lowest BCUT2D eigenvalue weighted by Crippen LogP contribution is -2.34. The molecule has 0 aromatic heterocycles. The Morgan fingerprint density at radius 1 is 1.20 bits per heavy atom. The van der Waals surface area contributed by atoms with Gasteiger partial charge in [0, 0.05) is 5.54 Å². The third-order valence-electron chi connectivity index (χ3n) is 1.89. The minimum Gasteiger partial charge on any atom is -0.494 e. The first-order chi connectivity index (χ1) is 6.51. The predicted octanol–water partition coefficient (Wildman–Crippen LogP) is 2.79. The van der Waals surface area contributed by atoms with Gasteiger partial charge in [-0.1, -0.05) is 12.1 Å². The molecule has 0 aliphatic carbocycles. The molecule has 86 valence electrons. The second-order valence-electron chi connectivity index (χ2n) is 4.24. The average Bonchev–Trinajstić information content (AvgIpc) is 2.06. The van der Waals surface area contributed by atoms with E-state index in [-0.39, 0.29) is 17.9 Å². The molecule has 0 aliphatic heterocycles. The average molecular weight is 230 g/mol. The predicted molar refractivity (Wildman–Crippen MR) is 66.8 cm³/mol. The molecule has 0 bridgehead atoms. The number of nitrogens with two attached hydrogens (primary N) is 1. The van der Waals surface area contributed by atoms with Gasteiger partial charge >= 0.3 is 0 Å². The Morgan fingerprint density at radius 2 is 1.73 bits per heavy atom. The summed E-state index contributed by atoms with van der Waals surface area (Å²) in [6.07, 6.45) is 0.888. The third-order valence-corrected chi connectivity index (χ3v) is 1.89. The second-order valence-corrected chi connectivity index (χ2v) is 4.24. The highest BCUT2D eigenvalue weighted by molar-refractivity contribution is 5.85. The van der Waals surface area contributed by atoms with E-state index in [0.717, 1.165) is 12.2 Å². The third kappa shape index (κ3) is 5.65. The fraction of sp³-hybridized carbons (Fsp3) is 0.500. The van der Waals surface area contributed by atoms with Crippen LogP contribution in [-0.2, 0) is 6.42 Å². The molecule has 0 saturated heterocycles. The van der Waals surface area contributed by atoms with Gasteiger partial charge in [0.05, 0.1) is 6.61 Å². The lowest BCUT2D eigenvalue weighted by Gasteiger charge is -2.18. The van der Waals surface area contributed by atoms with Crippen molar-refractivity contribution in [3.63, 3.8) is 0 Å². The number of ether oxygens (including phenoxy) is 1. The van der Waals surface area contributed by atoms with E-state index in [2.05, 4.69) is 12.1 Å². The lowest BCUT2D eigenvalue weighted by molar-refractivity contribution is 0.340. The standard InChI is InChI=1S/C12H19NO.ClH/c1-4-14-11-7-5-10(6-8-11)9-12(2,3)13;/h5-8H,4,9,13H2,1-3H3;1H. The Kier molecular flexibility index (Phi) is 5.69. The van der Waals surface area contributed by atoms with Crippen LogP contribution in [0.3, 0.4) is 0 Å². The molecule has 2 nitrogen and oxygen atoms in total. The van der Waals surface area contributed by atoms with Crippen LogP contribution in [0.2, 0.25) is 0 Å². The summed E-state index contributed by atoms with van der Waals surface area (Å²) in [5, 5.41) is 0. The highest BCUT2D eigenvalue weighted by Gasteiger charge is 2.11. The zero-order chi connectivity index (χ0) is 10.6. The van der Waals surface area contributed by atoms with Crippen LogP contribution in [0.25, 0.3) is 0 Å². The van der Waals surface area contributed by atoms with Crippen molar-refractivity contribution >= 4 is 12.4 Å². The number of hydrogen-bond donors (Lipinski definition) is 1. The van der Waals surface area contributed by atoms with Gasteiger partial charge in [-0.05, 0) is 44.9 Å². The highest BCUT2D eigenvalue weighted by Crippen LogP contribution is 2.15. The number of rotatable bonds is 4. The van der Waals surface area contributed by atoms with Crippen molar-refractivity contribution in [2.75, 3.05) is 6.61 Å². The summed E-state index contributed by atoms with van der Waals surface area (Å²) >= 11 is 0. The van der Waals surface area contributed by atoms with Crippen molar-refractivity contribution in [1.82, 2.24) is 0 Å². The zero-order valence-electron chi connectivity index (χ0n) is 9.62.